The van der Waals surface area contributed by atoms with Crippen molar-refractivity contribution in [1.29, 1.82) is 0 Å². The van der Waals surface area contributed by atoms with Gasteiger partial charge in [-0.25, -0.2) is 8.42 Å². The fourth-order valence-corrected chi connectivity index (χ4v) is 5.86. The Labute approximate surface area is 121 Å². The van der Waals surface area contributed by atoms with Crippen LogP contribution in [-0.4, -0.2) is 36.8 Å². The summed E-state index contributed by atoms with van der Waals surface area (Å²) in [6, 6.07) is 5.36. The number of benzene rings is 1. The molecule has 3 nitrogen and oxygen atoms in total. The first-order valence-electron chi connectivity index (χ1n) is 5.79. The standard InChI is InChI=1S/C12H16BrNO2S2/c1-9-3-4-12(11(13)7-9)18(15,16)14-5-6-17-10(2)8-14/h3-4,7,10H,5-6,8H2,1-2H3. The molecule has 0 aromatic heterocycles. The molecule has 0 radical (unpaired) electrons. The van der Waals surface area contributed by atoms with Crippen LogP contribution in [-0.2, 0) is 10.0 Å². The zero-order valence-corrected chi connectivity index (χ0v) is 13.6. The summed E-state index contributed by atoms with van der Waals surface area (Å²) in [6.07, 6.45) is 0. The van der Waals surface area contributed by atoms with E-state index in [1.54, 1.807) is 10.4 Å². The smallest absolute Gasteiger partial charge is 0.207 e. The van der Waals surface area contributed by atoms with E-state index in [0.717, 1.165) is 11.3 Å². The normalized spacial score (nSPS) is 22.1. The Bertz CT molecular complexity index is 545. The minimum Gasteiger partial charge on any atom is -0.207 e. The van der Waals surface area contributed by atoms with Gasteiger partial charge in [-0.2, -0.15) is 16.1 Å². The molecule has 0 saturated carbocycles. The highest BCUT2D eigenvalue weighted by Crippen LogP contribution is 2.29. The largest absolute Gasteiger partial charge is 0.244 e. The minimum absolute atomic E-state index is 0.359. The summed E-state index contributed by atoms with van der Waals surface area (Å²) in [5, 5.41) is 0.359. The van der Waals surface area contributed by atoms with Crippen molar-refractivity contribution in [2.24, 2.45) is 0 Å². The minimum atomic E-state index is -3.37. The van der Waals surface area contributed by atoms with Crippen molar-refractivity contribution in [3.05, 3.63) is 28.2 Å². The Balaban J connectivity index is 2.35. The summed E-state index contributed by atoms with van der Waals surface area (Å²) in [5.41, 5.74) is 1.04. The van der Waals surface area contributed by atoms with Gasteiger partial charge < -0.3 is 0 Å². The average molecular weight is 350 g/mol. The van der Waals surface area contributed by atoms with Crippen LogP contribution in [0.5, 0.6) is 0 Å². The predicted molar refractivity (Wildman–Crippen MR) is 79.6 cm³/mol. The molecule has 1 fully saturated rings. The first kappa shape index (κ1) is 14.4. The Kier molecular flexibility index (Phi) is 4.41. The van der Waals surface area contributed by atoms with E-state index in [2.05, 4.69) is 22.9 Å². The number of halogens is 1. The first-order chi connectivity index (χ1) is 8.41. The monoisotopic (exact) mass is 349 g/mol. The van der Waals surface area contributed by atoms with Gasteiger partial charge in [0.15, 0.2) is 0 Å². The maximum Gasteiger partial charge on any atom is 0.244 e. The molecule has 2 rings (SSSR count). The topological polar surface area (TPSA) is 37.4 Å². The van der Waals surface area contributed by atoms with E-state index in [1.807, 2.05) is 30.8 Å². The molecule has 1 aromatic rings. The lowest BCUT2D eigenvalue weighted by molar-refractivity contribution is 0.424. The van der Waals surface area contributed by atoms with Crippen molar-refractivity contribution in [3.63, 3.8) is 0 Å². The second kappa shape index (κ2) is 5.53. The van der Waals surface area contributed by atoms with Gasteiger partial charge in [-0.1, -0.05) is 13.0 Å². The molecule has 0 spiro atoms. The van der Waals surface area contributed by atoms with Crippen molar-refractivity contribution in [2.45, 2.75) is 24.0 Å². The third-order valence-corrected chi connectivity index (χ3v) is 6.89. The molecule has 1 aromatic carbocycles. The number of hydrogen-bond donors (Lipinski definition) is 0. The summed E-state index contributed by atoms with van der Waals surface area (Å²) in [5.74, 6) is 0.865. The number of sulfonamides is 1. The second-order valence-electron chi connectivity index (χ2n) is 4.48. The quantitative estimate of drug-likeness (QED) is 0.823. The molecular formula is C12H16BrNO2S2. The van der Waals surface area contributed by atoms with Crippen LogP contribution in [0.4, 0.5) is 0 Å². The van der Waals surface area contributed by atoms with Crippen LogP contribution < -0.4 is 0 Å². The number of hydrogen-bond acceptors (Lipinski definition) is 3. The van der Waals surface area contributed by atoms with Gasteiger partial charge in [-0.3, -0.25) is 0 Å². The van der Waals surface area contributed by atoms with E-state index in [4.69, 9.17) is 0 Å². The molecule has 1 unspecified atom stereocenters. The van der Waals surface area contributed by atoms with Gasteiger partial charge in [0.05, 0.1) is 4.90 Å². The van der Waals surface area contributed by atoms with Crippen LogP contribution in [0.1, 0.15) is 12.5 Å². The maximum atomic E-state index is 12.6. The zero-order valence-electron chi connectivity index (χ0n) is 10.4. The molecule has 0 N–H and O–H groups in total. The van der Waals surface area contributed by atoms with Crippen molar-refractivity contribution in [1.82, 2.24) is 4.31 Å². The summed E-state index contributed by atoms with van der Waals surface area (Å²) in [4.78, 5) is 0.368. The van der Waals surface area contributed by atoms with Crippen LogP contribution >= 0.6 is 27.7 Å². The predicted octanol–water partition coefficient (Wildman–Crippen LogP) is 2.88. The Morgan fingerprint density at radius 3 is 2.78 bits per heavy atom. The van der Waals surface area contributed by atoms with E-state index in [-0.39, 0.29) is 0 Å². The molecule has 1 aliphatic rings. The van der Waals surface area contributed by atoms with Gasteiger partial charge in [0.2, 0.25) is 10.0 Å². The highest BCUT2D eigenvalue weighted by atomic mass is 79.9. The van der Waals surface area contributed by atoms with Gasteiger partial charge in [-0.05, 0) is 40.5 Å². The molecule has 1 saturated heterocycles. The molecule has 1 atom stereocenters. The Hall–Kier alpha value is -0.0400. The van der Waals surface area contributed by atoms with Crippen LogP contribution in [0.2, 0.25) is 0 Å². The fourth-order valence-electron chi connectivity index (χ4n) is 1.96. The van der Waals surface area contributed by atoms with E-state index >= 15 is 0 Å². The van der Waals surface area contributed by atoms with Crippen molar-refractivity contribution in [2.75, 3.05) is 18.8 Å². The number of nitrogens with zero attached hydrogens (tertiary/aromatic N) is 1. The van der Waals surface area contributed by atoms with Gasteiger partial charge in [-0.15, -0.1) is 0 Å². The molecule has 100 valence electrons. The van der Waals surface area contributed by atoms with Gasteiger partial charge in [0.25, 0.3) is 0 Å². The van der Waals surface area contributed by atoms with E-state index in [1.165, 1.54) is 0 Å². The van der Waals surface area contributed by atoms with Crippen molar-refractivity contribution < 1.29 is 8.42 Å². The Morgan fingerprint density at radius 2 is 2.17 bits per heavy atom. The lowest BCUT2D eigenvalue weighted by Gasteiger charge is -2.30. The third-order valence-electron chi connectivity index (χ3n) is 2.91. The van der Waals surface area contributed by atoms with Crippen LogP contribution in [0.25, 0.3) is 0 Å². The molecule has 0 aliphatic carbocycles. The summed E-state index contributed by atoms with van der Waals surface area (Å²) in [7, 11) is -3.37. The SMILES string of the molecule is Cc1ccc(S(=O)(=O)N2CCSC(C)C2)c(Br)c1. The van der Waals surface area contributed by atoms with E-state index in [0.29, 0.717) is 27.7 Å². The molecule has 6 heteroatoms. The molecular weight excluding hydrogens is 334 g/mol. The molecule has 0 bridgehead atoms. The first-order valence-corrected chi connectivity index (χ1v) is 9.07. The summed E-state index contributed by atoms with van der Waals surface area (Å²) in [6.45, 7) is 5.20. The van der Waals surface area contributed by atoms with Gasteiger partial charge >= 0.3 is 0 Å². The highest BCUT2D eigenvalue weighted by Gasteiger charge is 2.30. The highest BCUT2D eigenvalue weighted by molar-refractivity contribution is 9.10. The molecule has 0 amide bonds. The Morgan fingerprint density at radius 1 is 1.44 bits per heavy atom. The lowest BCUT2D eigenvalue weighted by atomic mass is 10.2. The second-order valence-corrected chi connectivity index (χ2v) is 8.79. The molecule has 18 heavy (non-hydrogen) atoms. The van der Waals surface area contributed by atoms with Crippen LogP contribution in [0.15, 0.2) is 27.6 Å². The molecule has 1 aliphatic heterocycles. The van der Waals surface area contributed by atoms with Crippen molar-refractivity contribution in [3.8, 4) is 0 Å². The van der Waals surface area contributed by atoms with E-state index in [9.17, 15) is 8.42 Å². The van der Waals surface area contributed by atoms with E-state index < -0.39 is 10.0 Å². The fraction of sp³-hybridized carbons (Fsp3) is 0.500. The maximum absolute atomic E-state index is 12.6. The van der Waals surface area contributed by atoms with Crippen LogP contribution in [0, 0.1) is 6.92 Å². The van der Waals surface area contributed by atoms with Crippen molar-refractivity contribution >= 4 is 37.7 Å². The lowest BCUT2D eigenvalue weighted by Crippen LogP contribution is -2.41. The number of rotatable bonds is 2. The number of aryl methyl sites for hydroxylation is 1. The molecule has 1 heterocycles. The summed E-state index contributed by atoms with van der Waals surface area (Å²) < 4.78 is 27.3. The van der Waals surface area contributed by atoms with Gasteiger partial charge in [0, 0.05) is 28.6 Å². The van der Waals surface area contributed by atoms with Crippen LogP contribution in [0.3, 0.4) is 0 Å². The summed E-state index contributed by atoms with van der Waals surface area (Å²) >= 11 is 5.18. The zero-order chi connectivity index (χ0) is 13.3. The average Bonchev–Trinajstić information content (AvgIpc) is 2.28. The number of thioether (sulfide) groups is 1. The third kappa shape index (κ3) is 2.92. The van der Waals surface area contributed by atoms with Gasteiger partial charge in [0.1, 0.15) is 0 Å².